The van der Waals surface area contributed by atoms with Gasteiger partial charge >= 0.3 is 5.97 Å². The Morgan fingerprint density at radius 1 is 1.21 bits per heavy atom. The van der Waals surface area contributed by atoms with Crippen molar-refractivity contribution in [3.8, 4) is 0 Å². The Hall–Kier alpha value is -1.10. The third-order valence-corrected chi connectivity index (χ3v) is 1.75. The summed E-state index contributed by atoms with van der Waals surface area (Å²) in [6, 6.07) is 0. The van der Waals surface area contributed by atoms with Crippen molar-refractivity contribution in [2.75, 3.05) is 6.61 Å². The predicted molar refractivity (Wildman–Crippen MR) is 52.0 cm³/mol. The number of ether oxygens (including phenoxy) is 1. The van der Waals surface area contributed by atoms with Crippen LogP contribution in [0.3, 0.4) is 0 Å². The summed E-state index contributed by atoms with van der Waals surface area (Å²) in [4.78, 5) is 21.6. The number of carbonyl (C=O) groups excluding carboxylic acids is 2. The lowest BCUT2D eigenvalue weighted by Crippen LogP contribution is -2.29. The highest BCUT2D eigenvalue weighted by atomic mass is 16.5. The molecule has 0 aromatic rings. The fourth-order valence-electron chi connectivity index (χ4n) is 1.04. The molecule has 0 aromatic carbocycles. The molecule has 1 amide bonds. The Balaban J connectivity index is 3.21. The molecule has 0 radical (unpaired) electrons. The van der Waals surface area contributed by atoms with Crippen LogP contribution in [0.5, 0.6) is 0 Å². The molecule has 0 rings (SSSR count). The largest absolute Gasteiger partial charge is 0.466 e. The highest BCUT2D eigenvalue weighted by molar-refractivity contribution is 5.75. The Morgan fingerprint density at radius 3 is 2.43 bits per heavy atom. The molecule has 82 valence electrons. The van der Waals surface area contributed by atoms with E-state index in [1.54, 1.807) is 6.92 Å². The van der Waals surface area contributed by atoms with Crippen LogP contribution < -0.4 is 11.3 Å². The molecule has 0 aromatic heterocycles. The number of hydrogen-bond donors (Lipinski definition) is 2. The maximum absolute atomic E-state index is 10.9. The maximum atomic E-state index is 10.9. The van der Waals surface area contributed by atoms with Crippen molar-refractivity contribution in [1.82, 2.24) is 5.43 Å². The van der Waals surface area contributed by atoms with Crippen LogP contribution in [0.25, 0.3) is 0 Å². The summed E-state index contributed by atoms with van der Waals surface area (Å²) in [6.07, 6.45) is 3.20. The van der Waals surface area contributed by atoms with Crippen LogP contribution in [0.15, 0.2) is 0 Å². The minimum absolute atomic E-state index is 0.166. The fourth-order valence-corrected chi connectivity index (χ4v) is 1.04. The second-order valence-corrected chi connectivity index (χ2v) is 2.93. The summed E-state index contributed by atoms with van der Waals surface area (Å²) in [5, 5.41) is 0. The first-order chi connectivity index (χ1) is 6.70. The van der Waals surface area contributed by atoms with Crippen molar-refractivity contribution in [3.05, 3.63) is 0 Å². The van der Waals surface area contributed by atoms with Gasteiger partial charge in [0.25, 0.3) is 0 Å². The van der Waals surface area contributed by atoms with E-state index in [0.29, 0.717) is 19.4 Å². The molecule has 0 aliphatic rings. The van der Waals surface area contributed by atoms with E-state index in [4.69, 9.17) is 10.6 Å². The quantitative estimate of drug-likeness (QED) is 0.207. The van der Waals surface area contributed by atoms with E-state index in [-0.39, 0.29) is 11.9 Å². The van der Waals surface area contributed by atoms with Gasteiger partial charge < -0.3 is 4.74 Å². The number of nitrogens with one attached hydrogen (secondary N) is 1. The molecule has 0 heterocycles. The SMILES string of the molecule is CCOC(=O)CCCCCC(=O)NN. The Kier molecular flexibility index (Phi) is 7.83. The van der Waals surface area contributed by atoms with Crippen LogP contribution in [0, 0.1) is 0 Å². The van der Waals surface area contributed by atoms with Gasteiger partial charge in [0.05, 0.1) is 6.61 Å². The van der Waals surface area contributed by atoms with Crippen molar-refractivity contribution in [2.24, 2.45) is 5.84 Å². The van der Waals surface area contributed by atoms with Gasteiger partial charge in [-0.1, -0.05) is 6.42 Å². The minimum atomic E-state index is -0.171. The molecule has 5 nitrogen and oxygen atoms in total. The van der Waals surface area contributed by atoms with Crippen molar-refractivity contribution in [2.45, 2.75) is 39.0 Å². The highest BCUT2D eigenvalue weighted by Crippen LogP contribution is 2.03. The van der Waals surface area contributed by atoms with Crippen molar-refractivity contribution >= 4 is 11.9 Å². The van der Waals surface area contributed by atoms with E-state index in [1.807, 2.05) is 0 Å². The number of hydrazine groups is 1. The number of nitrogens with two attached hydrogens (primary N) is 1. The van der Waals surface area contributed by atoms with Crippen LogP contribution in [-0.4, -0.2) is 18.5 Å². The Morgan fingerprint density at radius 2 is 1.86 bits per heavy atom. The molecule has 0 saturated carbocycles. The first-order valence-electron chi connectivity index (χ1n) is 4.85. The number of esters is 1. The van der Waals surface area contributed by atoms with Crippen LogP contribution in [0.4, 0.5) is 0 Å². The second-order valence-electron chi connectivity index (χ2n) is 2.93. The van der Waals surface area contributed by atoms with Crippen molar-refractivity contribution < 1.29 is 14.3 Å². The molecule has 0 unspecified atom stereocenters. The molecule has 0 saturated heterocycles. The zero-order chi connectivity index (χ0) is 10.8. The summed E-state index contributed by atoms with van der Waals surface area (Å²) in [5.74, 6) is 4.56. The third-order valence-electron chi connectivity index (χ3n) is 1.75. The lowest BCUT2D eigenvalue weighted by molar-refractivity contribution is -0.143. The minimum Gasteiger partial charge on any atom is -0.466 e. The van der Waals surface area contributed by atoms with Gasteiger partial charge in [-0.25, -0.2) is 5.84 Å². The zero-order valence-corrected chi connectivity index (χ0v) is 8.54. The predicted octanol–water partition coefficient (Wildman–Crippen LogP) is 0.490. The first kappa shape index (κ1) is 12.9. The van der Waals surface area contributed by atoms with E-state index < -0.39 is 0 Å². The summed E-state index contributed by atoms with van der Waals surface area (Å²) in [6.45, 7) is 2.21. The van der Waals surface area contributed by atoms with Crippen LogP contribution in [0.2, 0.25) is 0 Å². The summed E-state index contributed by atoms with van der Waals surface area (Å²) >= 11 is 0. The fraction of sp³-hybridized carbons (Fsp3) is 0.778. The average Bonchev–Trinajstić information content (AvgIpc) is 2.17. The van der Waals surface area contributed by atoms with E-state index in [2.05, 4.69) is 5.43 Å². The van der Waals surface area contributed by atoms with Crippen LogP contribution in [-0.2, 0) is 14.3 Å². The highest BCUT2D eigenvalue weighted by Gasteiger charge is 2.02. The second kappa shape index (κ2) is 8.50. The van der Waals surface area contributed by atoms with Gasteiger partial charge in [-0.3, -0.25) is 15.0 Å². The smallest absolute Gasteiger partial charge is 0.305 e. The molecule has 0 fully saturated rings. The normalized spacial score (nSPS) is 9.57. The summed E-state index contributed by atoms with van der Waals surface area (Å²) in [5.41, 5.74) is 2.05. The molecule has 3 N–H and O–H groups in total. The molecule has 14 heavy (non-hydrogen) atoms. The Bertz CT molecular complexity index is 183. The average molecular weight is 202 g/mol. The van der Waals surface area contributed by atoms with Gasteiger partial charge in [0.1, 0.15) is 0 Å². The lowest BCUT2D eigenvalue weighted by Gasteiger charge is -2.01. The monoisotopic (exact) mass is 202 g/mol. The molecule has 0 aliphatic heterocycles. The van der Waals surface area contributed by atoms with Gasteiger partial charge in [-0.2, -0.15) is 0 Å². The third kappa shape index (κ3) is 7.54. The molecule has 0 spiro atoms. The first-order valence-corrected chi connectivity index (χ1v) is 4.85. The molecular formula is C9H18N2O3. The van der Waals surface area contributed by atoms with Gasteiger partial charge in [-0.15, -0.1) is 0 Å². The van der Waals surface area contributed by atoms with E-state index in [0.717, 1.165) is 19.3 Å². The van der Waals surface area contributed by atoms with Crippen molar-refractivity contribution in [3.63, 3.8) is 0 Å². The van der Waals surface area contributed by atoms with E-state index in [9.17, 15) is 9.59 Å². The standard InChI is InChI=1S/C9H18N2O3/c1-2-14-9(13)7-5-3-4-6-8(12)11-10/h2-7,10H2,1H3,(H,11,12). The molecule has 0 bridgehead atoms. The molecular weight excluding hydrogens is 184 g/mol. The number of hydrogen-bond acceptors (Lipinski definition) is 4. The lowest BCUT2D eigenvalue weighted by atomic mass is 10.1. The van der Waals surface area contributed by atoms with Gasteiger partial charge in [0, 0.05) is 12.8 Å². The number of carbonyl (C=O) groups is 2. The van der Waals surface area contributed by atoms with Gasteiger partial charge in [0.15, 0.2) is 0 Å². The van der Waals surface area contributed by atoms with Crippen LogP contribution in [0.1, 0.15) is 39.0 Å². The van der Waals surface area contributed by atoms with Crippen LogP contribution >= 0.6 is 0 Å². The van der Waals surface area contributed by atoms with E-state index >= 15 is 0 Å². The number of rotatable bonds is 7. The maximum Gasteiger partial charge on any atom is 0.305 e. The van der Waals surface area contributed by atoms with Gasteiger partial charge in [0.2, 0.25) is 5.91 Å². The zero-order valence-electron chi connectivity index (χ0n) is 8.54. The van der Waals surface area contributed by atoms with Crippen molar-refractivity contribution in [1.29, 1.82) is 0 Å². The topological polar surface area (TPSA) is 81.4 Å². The summed E-state index contributed by atoms with van der Waals surface area (Å²) < 4.78 is 4.75. The van der Waals surface area contributed by atoms with Gasteiger partial charge in [-0.05, 0) is 19.8 Å². The molecule has 0 atom stereocenters. The molecule has 0 aliphatic carbocycles. The number of unbranched alkanes of at least 4 members (excludes halogenated alkanes) is 2. The Labute approximate surface area is 84.0 Å². The van der Waals surface area contributed by atoms with E-state index in [1.165, 1.54) is 0 Å². The number of amides is 1. The summed E-state index contributed by atoms with van der Waals surface area (Å²) in [7, 11) is 0. The molecule has 5 heteroatoms.